The highest BCUT2D eigenvalue weighted by molar-refractivity contribution is 5.38. The monoisotopic (exact) mass is 244 g/mol. The van der Waals surface area contributed by atoms with Crippen molar-refractivity contribution in [2.24, 2.45) is 0 Å². The van der Waals surface area contributed by atoms with Crippen LogP contribution in [0.3, 0.4) is 0 Å². The number of nitrogens with zero attached hydrogens (tertiary/aromatic N) is 1. The molecule has 1 fully saturated rings. The summed E-state index contributed by atoms with van der Waals surface area (Å²) in [6.45, 7) is -0.469. The van der Waals surface area contributed by atoms with Crippen LogP contribution in [0.25, 0.3) is 0 Å². The molecule has 1 aliphatic heterocycles. The van der Waals surface area contributed by atoms with Gasteiger partial charge in [0.15, 0.2) is 0 Å². The van der Waals surface area contributed by atoms with Gasteiger partial charge in [-0.1, -0.05) is 0 Å². The van der Waals surface area contributed by atoms with Crippen molar-refractivity contribution < 1.29 is 25.0 Å². The molecule has 1 aromatic heterocycles. The number of aliphatic hydroxyl groups excluding tert-OH is 3. The molecule has 0 saturated carbocycles. The van der Waals surface area contributed by atoms with Gasteiger partial charge in [-0.15, -0.1) is 0 Å². The molecule has 8 nitrogen and oxygen atoms in total. The maximum Gasteiger partial charge on any atom is 0.292 e. The van der Waals surface area contributed by atoms with E-state index in [1.807, 2.05) is 0 Å². The predicted octanol–water partition coefficient (Wildman–Crippen LogP) is -0.923. The summed E-state index contributed by atoms with van der Waals surface area (Å²) in [6, 6.07) is 1.24. The molecule has 4 N–H and O–H groups in total. The van der Waals surface area contributed by atoms with Crippen LogP contribution in [0.1, 0.15) is 11.8 Å². The van der Waals surface area contributed by atoms with Crippen molar-refractivity contribution in [2.75, 3.05) is 6.61 Å². The second-order valence-electron chi connectivity index (χ2n) is 3.79. The van der Waals surface area contributed by atoms with Crippen LogP contribution in [0.5, 0.6) is 0 Å². The lowest BCUT2D eigenvalue weighted by molar-refractivity contribution is -0.386. The lowest BCUT2D eigenvalue weighted by atomic mass is 10.1. The van der Waals surface area contributed by atoms with E-state index in [2.05, 4.69) is 4.98 Å². The number of nitro groups is 1. The molecule has 0 aromatic carbocycles. The Kier molecular flexibility index (Phi) is 3.11. The van der Waals surface area contributed by atoms with E-state index in [1.165, 1.54) is 12.3 Å². The fourth-order valence-corrected chi connectivity index (χ4v) is 1.90. The lowest BCUT2D eigenvalue weighted by Gasteiger charge is -2.12. The minimum Gasteiger partial charge on any atom is -0.394 e. The third-order valence-electron chi connectivity index (χ3n) is 2.78. The third-order valence-corrected chi connectivity index (χ3v) is 2.78. The smallest absolute Gasteiger partial charge is 0.292 e. The molecule has 0 amide bonds. The van der Waals surface area contributed by atoms with Crippen LogP contribution in [0.15, 0.2) is 12.3 Å². The highest BCUT2D eigenvalue weighted by Crippen LogP contribution is 2.36. The number of aliphatic hydroxyl groups is 3. The van der Waals surface area contributed by atoms with Crippen LogP contribution in [0.4, 0.5) is 5.69 Å². The molecule has 2 rings (SSSR count). The summed E-state index contributed by atoms with van der Waals surface area (Å²) in [5.74, 6) is 0. The zero-order valence-corrected chi connectivity index (χ0v) is 8.68. The van der Waals surface area contributed by atoms with Gasteiger partial charge < -0.3 is 25.0 Å². The first-order valence-electron chi connectivity index (χ1n) is 5.00. The number of aromatic amines is 1. The second-order valence-corrected chi connectivity index (χ2v) is 3.79. The van der Waals surface area contributed by atoms with E-state index in [1.54, 1.807) is 0 Å². The number of rotatable bonds is 3. The molecule has 0 bridgehead atoms. The van der Waals surface area contributed by atoms with Crippen LogP contribution < -0.4 is 0 Å². The van der Waals surface area contributed by atoms with Gasteiger partial charge in [0, 0.05) is 12.3 Å². The maximum absolute atomic E-state index is 10.7. The van der Waals surface area contributed by atoms with Gasteiger partial charge in [-0.25, -0.2) is 0 Å². The molecule has 1 aliphatic rings. The average molecular weight is 244 g/mol. The fraction of sp³-hybridized carbons (Fsp3) is 0.556. The van der Waals surface area contributed by atoms with Crippen molar-refractivity contribution in [1.29, 1.82) is 0 Å². The van der Waals surface area contributed by atoms with E-state index < -0.39 is 35.9 Å². The Labute approximate surface area is 95.6 Å². The van der Waals surface area contributed by atoms with Crippen LogP contribution in [0.2, 0.25) is 0 Å². The number of hydrogen-bond donors (Lipinski definition) is 4. The van der Waals surface area contributed by atoms with Gasteiger partial charge in [-0.05, 0) is 0 Å². The van der Waals surface area contributed by atoms with Crippen LogP contribution in [-0.2, 0) is 4.74 Å². The van der Waals surface area contributed by atoms with Crippen molar-refractivity contribution in [2.45, 2.75) is 24.4 Å². The molecular formula is C9H12N2O6. The predicted molar refractivity (Wildman–Crippen MR) is 54.2 cm³/mol. The zero-order valence-electron chi connectivity index (χ0n) is 8.68. The number of aromatic nitrogens is 1. The minimum absolute atomic E-state index is 0.0810. The summed E-state index contributed by atoms with van der Waals surface area (Å²) in [6.07, 6.45) is -3.23. The summed E-state index contributed by atoms with van der Waals surface area (Å²) in [4.78, 5) is 12.7. The Morgan fingerprint density at radius 2 is 2.18 bits per heavy atom. The summed E-state index contributed by atoms with van der Waals surface area (Å²) >= 11 is 0. The molecule has 17 heavy (non-hydrogen) atoms. The minimum atomic E-state index is -1.32. The van der Waals surface area contributed by atoms with Gasteiger partial charge >= 0.3 is 0 Å². The van der Waals surface area contributed by atoms with Gasteiger partial charge in [-0.2, -0.15) is 0 Å². The quantitative estimate of drug-likeness (QED) is 0.402. The van der Waals surface area contributed by atoms with E-state index in [9.17, 15) is 20.3 Å². The topological polar surface area (TPSA) is 129 Å². The van der Waals surface area contributed by atoms with Crippen molar-refractivity contribution in [1.82, 2.24) is 4.98 Å². The summed E-state index contributed by atoms with van der Waals surface area (Å²) in [5, 5.41) is 38.9. The van der Waals surface area contributed by atoms with Gasteiger partial charge in [0.25, 0.3) is 5.69 Å². The number of nitrogens with one attached hydrogen (secondary N) is 1. The average Bonchev–Trinajstić information content (AvgIpc) is 2.86. The second kappa shape index (κ2) is 4.41. The zero-order chi connectivity index (χ0) is 12.6. The summed E-state index contributed by atoms with van der Waals surface area (Å²) < 4.78 is 5.18. The first-order valence-corrected chi connectivity index (χ1v) is 5.00. The Morgan fingerprint density at radius 1 is 1.47 bits per heavy atom. The van der Waals surface area contributed by atoms with E-state index in [4.69, 9.17) is 9.84 Å². The Bertz CT molecular complexity index is 419. The first-order chi connectivity index (χ1) is 8.06. The number of hydrogen-bond acceptors (Lipinski definition) is 6. The largest absolute Gasteiger partial charge is 0.394 e. The maximum atomic E-state index is 10.7. The van der Waals surface area contributed by atoms with Crippen molar-refractivity contribution in [3.8, 4) is 0 Å². The van der Waals surface area contributed by atoms with E-state index in [0.717, 1.165) is 0 Å². The molecule has 0 spiro atoms. The summed E-state index contributed by atoms with van der Waals surface area (Å²) in [5.41, 5.74) is -0.141. The van der Waals surface area contributed by atoms with Crippen molar-refractivity contribution in [3.05, 3.63) is 28.1 Å². The fourth-order valence-electron chi connectivity index (χ4n) is 1.90. The standard InChI is InChI=1S/C9H12N2O6/c12-3-5-7(13)8(14)9(17-5)6-4(11(15)16)1-2-10-6/h1-2,5,7-10,12-14H,3H2/t5-,7-,8-,9?/m1/s1. The highest BCUT2D eigenvalue weighted by Gasteiger charge is 2.45. The Morgan fingerprint density at radius 3 is 2.71 bits per heavy atom. The number of ether oxygens (including phenoxy) is 1. The Balaban J connectivity index is 2.29. The van der Waals surface area contributed by atoms with Gasteiger partial charge in [0.1, 0.15) is 30.1 Å². The highest BCUT2D eigenvalue weighted by atomic mass is 16.6. The molecule has 0 radical (unpaired) electrons. The molecule has 1 unspecified atom stereocenters. The Hall–Kier alpha value is -1.48. The number of H-pyrrole nitrogens is 1. The molecule has 94 valence electrons. The lowest BCUT2D eigenvalue weighted by Crippen LogP contribution is -2.32. The van der Waals surface area contributed by atoms with Gasteiger partial charge in [0.2, 0.25) is 0 Å². The SMILES string of the molecule is O=[N+]([O-])c1cc[nH]c1C1O[C@H](CO)[C@@H](O)[C@H]1O. The molecule has 0 aliphatic carbocycles. The molecule has 4 atom stereocenters. The molecule has 8 heteroatoms. The summed E-state index contributed by atoms with van der Waals surface area (Å²) in [7, 11) is 0. The van der Waals surface area contributed by atoms with Gasteiger partial charge in [-0.3, -0.25) is 10.1 Å². The molecular weight excluding hydrogens is 232 g/mol. The van der Waals surface area contributed by atoms with Gasteiger partial charge in [0.05, 0.1) is 11.5 Å². The first kappa shape index (κ1) is 12.0. The molecule has 1 saturated heterocycles. The van der Waals surface area contributed by atoms with E-state index in [0.29, 0.717) is 0 Å². The molecule has 1 aromatic rings. The van der Waals surface area contributed by atoms with E-state index >= 15 is 0 Å². The van der Waals surface area contributed by atoms with Crippen LogP contribution >= 0.6 is 0 Å². The van der Waals surface area contributed by atoms with Crippen molar-refractivity contribution in [3.63, 3.8) is 0 Å². The molecule has 2 heterocycles. The van der Waals surface area contributed by atoms with E-state index in [-0.39, 0.29) is 11.4 Å². The third kappa shape index (κ3) is 1.91. The van der Waals surface area contributed by atoms with Crippen LogP contribution in [-0.4, -0.2) is 50.1 Å². The van der Waals surface area contributed by atoms with Crippen LogP contribution in [0, 0.1) is 10.1 Å². The van der Waals surface area contributed by atoms with Crippen molar-refractivity contribution >= 4 is 5.69 Å². The normalized spacial score (nSPS) is 32.9.